The Morgan fingerprint density at radius 2 is 2.08 bits per heavy atom. The zero-order chi connectivity index (χ0) is 9.23. The first-order valence-electron chi connectivity index (χ1n) is 4.48. The molecule has 72 valence electrons. The molecule has 0 bridgehead atoms. The maximum Gasteiger partial charge on any atom is 0.0638 e. The third-order valence-electron chi connectivity index (χ3n) is 1.63. The van der Waals surface area contributed by atoms with Crippen molar-refractivity contribution in [1.29, 1.82) is 0 Å². The first-order valence-corrected chi connectivity index (χ1v) is 4.48. The van der Waals surface area contributed by atoms with E-state index in [-0.39, 0.29) is 0 Å². The molecule has 0 aliphatic heterocycles. The summed E-state index contributed by atoms with van der Waals surface area (Å²) in [5.41, 5.74) is 5.38. The summed E-state index contributed by atoms with van der Waals surface area (Å²) < 4.78 is 0. The molecule has 0 unspecified atom stereocenters. The van der Waals surface area contributed by atoms with Gasteiger partial charge < -0.3 is 5.73 Å². The highest BCUT2D eigenvalue weighted by atomic mass is 16.7. The molecule has 0 aliphatic carbocycles. The van der Waals surface area contributed by atoms with Crippen LogP contribution in [0, 0.1) is 0 Å². The Hall–Kier alpha value is -0.540. The quantitative estimate of drug-likeness (QED) is 0.467. The van der Waals surface area contributed by atoms with Crippen LogP contribution in [0.25, 0.3) is 0 Å². The van der Waals surface area contributed by atoms with Gasteiger partial charge in [0.05, 0.1) is 7.11 Å². The molecule has 0 aromatic carbocycles. The van der Waals surface area contributed by atoms with Gasteiger partial charge in [0, 0.05) is 12.7 Å². The van der Waals surface area contributed by atoms with Gasteiger partial charge in [-0.15, -0.1) is 0 Å². The lowest BCUT2D eigenvalue weighted by atomic mass is 10.2. The van der Waals surface area contributed by atoms with Crippen molar-refractivity contribution in [3.63, 3.8) is 0 Å². The Balaban J connectivity index is 3.31. The number of nitrogens with zero attached hydrogens (tertiary/aromatic N) is 1. The maximum atomic E-state index is 5.38. The van der Waals surface area contributed by atoms with Gasteiger partial charge in [0.1, 0.15) is 0 Å². The van der Waals surface area contributed by atoms with Crippen molar-refractivity contribution in [2.24, 2.45) is 5.73 Å². The van der Waals surface area contributed by atoms with Crippen LogP contribution < -0.4 is 5.73 Å². The van der Waals surface area contributed by atoms with Gasteiger partial charge in [-0.2, -0.15) is 0 Å². The first kappa shape index (κ1) is 11.5. The number of nitrogens with two attached hydrogens (primary N) is 1. The Kier molecular flexibility index (Phi) is 8.17. The van der Waals surface area contributed by atoms with Crippen LogP contribution in [0.4, 0.5) is 0 Å². The minimum atomic E-state index is 0.788. The Morgan fingerprint density at radius 1 is 1.33 bits per heavy atom. The molecule has 0 atom stereocenters. The number of allylic oxidation sites excluding steroid dienone is 1. The van der Waals surface area contributed by atoms with Gasteiger partial charge >= 0.3 is 0 Å². The minimum Gasteiger partial charge on any atom is -0.330 e. The van der Waals surface area contributed by atoms with Crippen LogP contribution in [0.1, 0.15) is 26.2 Å². The number of hydrogen-bond acceptors (Lipinski definition) is 3. The molecular formula is C9H20N2O. The monoisotopic (exact) mass is 172 g/mol. The molecule has 0 aromatic rings. The number of rotatable bonds is 7. The van der Waals surface area contributed by atoms with Crippen LogP contribution >= 0.6 is 0 Å². The van der Waals surface area contributed by atoms with E-state index in [1.807, 2.05) is 24.3 Å². The molecule has 0 heterocycles. The molecule has 0 aliphatic rings. The van der Waals surface area contributed by atoms with Gasteiger partial charge in [0.2, 0.25) is 0 Å². The van der Waals surface area contributed by atoms with E-state index in [1.165, 1.54) is 6.42 Å². The van der Waals surface area contributed by atoms with Crippen molar-refractivity contribution in [2.45, 2.75) is 26.2 Å². The molecule has 0 radical (unpaired) electrons. The summed E-state index contributed by atoms with van der Waals surface area (Å²) in [4.78, 5) is 5.09. The van der Waals surface area contributed by atoms with Gasteiger partial charge in [-0.3, -0.25) is 9.90 Å². The lowest BCUT2D eigenvalue weighted by Gasteiger charge is -2.16. The summed E-state index contributed by atoms with van der Waals surface area (Å²) >= 11 is 0. The highest BCUT2D eigenvalue weighted by molar-refractivity contribution is 4.73. The molecule has 0 saturated carbocycles. The predicted octanol–water partition coefficient (Wildman–Crippen LogP) is 1.51. The Bertz CT molecular complexity index is 115. The summed E-state index contributed by atoms with van der Waals surface area (Å²) in [6.45, 7) is 3.71. The molecule has 0 aromatic heterocycles. The lowest BCUT2D eigenvalue weighted by Crippen LogP contribution is -2.16. The molecule has 0 saturated heterocycles. The van der Waals surface area contributed by atoms with Crippen molar-refractivity contribution in [3.05, 3.63) is 12.3 Å². The number of unbranched alkanes of at least 4 members (excludes halogenated alkanes) is 2. The predicted molar refractivity (Wildman–Crippen MR) is 51.4 cm³/mol. The molecule has 0 spiro atoms. The van der Waals surface area contributed by atoms with Gasteiger partial charge in [-0.05, 0) is 26.3 Å². The fourth-order valence-electron chi connectivity index (χ4n) is 0.982. The Morgan fingerprint density at radius 3 is 2.58 bits per heavy atom. The van der Waals surface area contributed by atoms with E-state index in [0.29, 0.717) is 0 Å². The van der Waals surface area contributed by atoms with Crippen molar-refractivity contribution >= 4 is 0 Å². The van der Waals surface area contributed by atoms with E-state index in [9.17, 15) is 0 Å². The fraction of sp³-hybridized carbons (Fsp3) is 0.778. The number of hydrogen-bond donors (Lipinski definition) is 1. The van der Waals surface area contributed by atoms with Crippen LogP contribution in [0.15, 0.2) is 12.3 Å². The minimum absolute atomic E-state index is 0.788. The molecule has 0 rings (SSSR count). The average Bonchev–Trinajstić information content (AvgIpc) is 2.10. The van der Waals surface area contributed by atoms with Gasteiger partial charge in [0.25, 0.3) is 0 Å². The smallest absolute Gasteiger partial charge is 0.0638 e. The average molecular weight is 172 g/mol. The standard InChI is InChI=1S/C9H20N2O/c1-3-8-11(12-2)9-6-4-5-7-10/h3,8H,4-7,9-10H2,1-2H3/b8-3-. The summed E-state index contributed by atoms with van der Waals surface area (Å²) in [7, 11) is 1.68. The van der Waals surface area contributed by atoms with Gasteiger partial charge in [0.15, 0.2) is 0 Å². The third kappa shape index (κ3) is 6.19. The molecular weight excluding hydrogens is 152 g/mol. The largest absolute Gasteiger partial charge is 0.330 e. The number of hydroxylamine groups is 2. The summed E-state index contributed by atoms with van der Waals surface area (Å²) in [6, 6.07) is 0. The fourth-order valence-corrected chi connectivity index (χ4v) is 0.982. The van der Waals surface area contributed by atoms with Crippen LogP contribution in [-0.4, -0.2) is 25.3 Å². The zero-order valence-corrected chi connectivity index (χ0v) is 8.12. The second-order valence-electron chi connectivity index (χ2n) is 2.66. The van der Waals surface area contributed by atoms with Crippen molar-refractivity contribution in [3.8, 4) is 0 Å². The molecule has 0 fully saturated rings. The molecule has 0 amide bonds. The SMILES string of the molecule is C/C=C\N(CCCCCN)OC. The van der Waals surface area contributed by atoms with E-state index < -0.39 is 0 Å². The highest BCUT2D eigenvalue weighted by Gasteiger charge is 1.94. The molecule has 3 heteroatoms. The topological polar surface area (TPSA) is 38.5 Å². The third-order valence-corrected chi connectivity index (χ3v) is 1.63. The van der Waals surface area contributed by atoms with Crippen LogP contribution in [0.5, 0.6) is 0 Å². The van der Waals surface area contributed by atoms with E-state index >= 15 is 0 Å². The molecule has 12 heavy (non-hydrogen) atoms. The van der Waals surface area contributed by atoms with Crippen LogP contribution in [0.2, 0.25) is 0 Å². The van der Waals surface area contributed by atoms with Crippen molar-refractivity contribution in [2.75, 3.05) is 20.2 Å². The molecule has 3 nitrogen and oxygen atoms in total. The van der Waals surface area contributed by atoms with Crippen molar-refractivity contribution < 1.29 is 4.84 Å². The zero-order valence-electron chi connectivity index (χ0n) is 8.12. The second kappa shape index (κ2) is 8.56. The van der Waals surface area contributed by atoms with E-state index in [2.05, 4.69) is 0 Å². The van der Waals surface area contributed by atoms with Gasteiger partial charge in [-0.1, -0.05) is 12.5 Å². The van der Waals surface area contributed by atoms with Crippen molar-refractivity contribution in [1.82, 2.24) is 5.06 Å². The highest BCUT2D eigenvalue weighted by Crippen LogP contribution is 1.98. The second-order valence-corrected chi connectivity index (χ2v) is 2.66. The van der Waals surface area contributed by atoms with E-state index in [4.69, 9.17) is 10.6 Å². The van der Waals surface area contributed by atoms with Gasteiger partial charge in [-0.25, -0.2) is 0 Å². The summed E-state index contributed by atoms with van der Waals surface area (Å²) in [5.74, 6) is 0. The molecule has 2 N–H and O–H groups in total. The first-order chi connectivity index (χ1) is 5.85. The summed E-state index contributed by atoms with van der Waals surface area (Å²) in [5, 5.41) is 1.83. The van der Waals surface area contributed by atoms with E-state index in [1.54, 1.807) is 7.11 Å². The summed E-state index contributed by atoms with van der Waals surface area (Å²) in [6.07, 6.45) is 7.31. The lowest BCUT2D eigenvalue weighted by molar-refractivity contribution is -0.0883. The van der Waals surface area contributed by atoms with Crippen LogP contribution in [0.3, 0.4) is 0 Å². The van der Waals surface area contributed by atoms with E-state index in [0.717, 1.165) is 25.9 Å². The maximum absolute atomic E-state index is 5.38. The normalized spacial score (nSPS) is 10.9. The Labute approximate surface area is 75.1 Å². The van der Waals surface area contributed by atoms with Crippen LogP contribution in [-0.2, 0) is 4.84 Å².